The third-order valence-corrected chi connectivity index (χ3v) is 6.53. The van der Waals surface area contributed by atoms with E-state index in [9.17, 15) is 10.1 Å². The fourth-order valence-corrected chi connectivity index (χ4v) is 4.58. The first-order chi connectivity index (χ1) is 13.4. The lowest BCUT2D eigenvalue weighted by atomic mass is 9.82. The molecule has 1 heterocycles. The van der Waals surface area contributed by atoms with Gasteiger partial charge in [-0.25, -0.2) is 0 Å². The standard InChI is InChI=1S/C23H34N4O/c1-19(21(28)25-23(17-24)12-8-5-9-13-23)26-14-15-27(22(2,3)18-26)16-20-10-6-4-7-11-20/h4,6-7,10-11,19H,5,8-9,12-16,18H2,1-3H3,(H,25,28). The van der Waals surface area contributed by atoms with Gasteiger partial charge in [0.2, 0.25) is 5.91 Å². The Kier molecular flexibility index (Phi) is 6.42. The molecule has 0 bridgehead atoms. The van der Waals surface area contributed by atoms with Crippen LogP contribution < -0.4 is 5.32 Å². The van der Waals surface area contributed by atoms with Crippen LogP contribution in [0.5, 0.6) is 0 Å². The van der Waals surface area contributed by atoms with E-state index in [2.05, 4.69) is 59.3 Å². The van der Waals surface area contributed by atoms with Crippen molar-refractivity contribution in [2.24, 2.45) is 0 Å². The minimum absolute atomic E-state index is 0.00393. The van der Waals surface area contributed by atoms with Crippen LogP contribution in [-0.2, 0) is 11.3 Å². The van der Waals surface area contributed by atoms with Gasteiger partial charge >= 0.3 is 0 Å². The van der Waals surface area contributed by atoms with Gasteiger partial charge in [-0.15, -0.1) is 0 Å². The molecule has 1 aliphatic heterocycles. The Balaban J connectivity index is 1.60. The highest BCUT2D eigenvalue weighted by molar-refractivity contribution is 5.82. The smallest absolute Gasteiger partial charge is 0.238 e. The molecule has 28 heavy (non-hydrogen) atoms. The number of hydrogen-bond donors (Lipinski definition) is 1. The molecule has 5 nitrogen and oxygen atoms in total. The van der Waals surface area contributed by atoms with E-state index in [0.29, 0.717) is 0 Å². The summed E-state index contributed by atoms with van der Waals surface area (Å²) >= 11 is 0. The normalized spacial score (nSPS) is 23.5. The van der Waals surface area contributed by atoms with Gasteiger partial charge in [-0.05, 0) is 39.2 Å². The molecular weight excluding hydrogens is 348 g/mol. The second kappa shape index (κ2) is 8.63. The number of carbonyl (C=O) groups is 1. The van der Waals surface area contributed by atoms with Crippen LogP contribution in [-0.4, -0.2) is 52.5 Å². The number of nitriles is 1. The molecule has 1 saturated heterocycles. The quantitative estimate of drug-likeness (QED) is 0.849. The average Bonchev–Trinajstić information content (AvgIpc) is 2.70. The summed E-state index contributed by atoms with van der Waals surface area (Å²) in [5.74, 6) is -0.00393. The van der Waals surface area contributed by atoms with Gasteiger partial charge in [0, 0.05) is 31.7 Å². The topological polar surface area (TPSA) is 59.4 Å². The maximum absolute atomic E-state index is 12.9. The minimum atomic E-state index is -0.658. The van der Waals surface area contributed by atoms with Crippen LogP contribution in [0.25, 0.3) is 0 Å². The van der Waals surface area contributed by atoms with Crippen molar-refractivity contribution >= 4 is 5.91 Å². The number of rotatable bonds is 5. The maximum atomic E-state index is 12.9. The molecule has 0 aromatic heterocycles. The zero-order valence-corrected chi connectivity index (χ0v) is 17.6. The van der Waals surface area contributed by atoms with Crippen molar-refractivity contribution in [1.82, 2.24) is 15.1 Å². The molecule has 1 saturated carbocycles. The van der Waals surface area contributed by atoms with E-state index in [1.54, 1.807) is 0 Å². The Hall–Kier alpha value is -1.90. The summed E-state index contributed by atoms with van der Waals surface area (Å²) in [5, 5.41) is 12.8. The first-order valence-electron chi connectivity index (χ1n) is 10.6. The van der Waals surface area contributed by atoms with Crippen molar-refractivity contribution in [3.05, 3.63) is 35.9 Å². The number of benzene rings is 1. The Morgan fingerprint density at radius 1 is 1.18 bits per heavy atom. The summed E-state index contributed by atoms with van der Waals surface area (Å²) in [4.78, 5) is 17.7. The summed E-state index contributed by atoms with van der Waals surface area (Å²) in [6.45, 7) is 10.1. The second-order valence-corrected chi connectivity index (χ2v) is 9.11. The van der Waals surface area contributed by atoms with Crippen molar-refractivity contribution in [3.63, 3.8) is 0 Å². The molecule has 152 valence electrons. The van der Waals surface area contributed by atoms with Crippen molar-refractivity contribution in [3.8, 4) is 6.07 Å². The van der Waals surface area contributed by atoms with Gasteiger partial charge in [0.25, 0.3) is 0 Å². The van der Waals surface area contributed by atoms with Crippen molar-refractivity contribution in [1.29, 1.82) is 5.26 Å². The molecule has 0 radical (unpaired) electrons. The number of hydrogen-bond acceptors (Lipinski definition) is 4. The predicted molar refractivity (Wildman–Crippen MR) is 112 cm³/mol. The third-order valence-electron chi connectivity index (χ3n) is 6.53. The molecule has 2 aliphatic rings. The number of carbonyl (C=O) groups excluding carboxylic acids is 1. The molecule has 1 atom stereocenters. The minimum Gasteiger partial charge on any atom is -0.336 e. The molecule has 5 heteroatoms. The molecule has 1 amide bonds. The van der Waals surface area contributed by atoms with Gasteiger partial charge in [0.15, 0.2) is 0 Å². The Labute approximate surface area is 169 Å². The zero-order chi connectivity index (χ0) is 20.2. The molecule has 1 aromatic rings. The van der Waals surface area contributed by atoms with E-state index in [0.717, 1.165) is 58.3 Å². The van der Waals surface area contributed by atoms with E-state index in [1.807, 2.05) is 13.0 Å². The Morgan fingerprint density at radius 2 is 1.86 bits per heavy atom. The van der Waals surface area contributed by atoms with Crippen LogP contribution in [0.3, 0.4) is 0 Å². The predicted octanol–water partition coefficient (Wildman–Crippen LogP) is 3.31. The summed E-state index contributed by atoms with van der Waals surface area (Å²) in [6.07, 6.45) is 4.75. The van der Waals surface area contributed by atoms with Crippen LogP contribution >= 0.6 is 0 Å². The summed E-state index contributed by atoms with van der Waals surface area (Å²) in [6, 6.07) is 12.7. The first kappa shape index (κ1) is 20.8. The molecule has 1 aliphatic carbocycles. The van der Waals surface area contributed by atoms with Crippen LogP contribution in [0, 0.1) is 11.3 Å². The largest absolute Gasteiger partial charge is 0.336 e. The zero-order valence-electron chi connectivity index (χ0n) is 17.6. The summed E-state index contributed by atoms with van der Waals surface area (Å²) in [7, 11) is 0. The average molecular weight is 383 g/mol. The Bertz CT molecular complexity index is 703. The molecule has 1 aromatic carbocycles. The lowest BCUT2D eigenvalue weighted by Gasteiger charge is -2.49. The van der Waals surface area contributed by atoms with Gasteiger partial charge in [-0.2, -0.15) is 5.26 Å². The fourth-order valence-electron chi connectivity index (χ4n) is 4.58. The molecule has 1 unspecified atom stereocenters. The van der Waals surface area contributed by atoms with Crippen LogP contribution in [0.4, 0.5) is 0 Å². The molecular formula is C23H34N4O. The molecule has 0 spiro atoms. The van der Waals surface area contributed by atoms with Gasteiger partial charge in [-0.3, -0.25) is 14.6 Å². The van der Waals surface area contributed by atoms with Gasteiger partial charge < -0.3 is 5.32 Å². The van der Waals surface area contributed by atoms with E-state index in [-0.39, 0.29) is 17.5 Å². The number of nitrogens with zero attached hydrogens (tertiary/aromatic N) is 3. The highest BCUT2D eigenvalue weighted by atomic mass is 16.2. The van der Waals surface area contributed by atoms with Gasteiger partial charge in [0.05, 0.1) is 12.1 Å². The lowest BCUT2D eigenvalue weighted by Crippen LogP contribution is -2.63. The second-order valence-electron chi connectivity index (χ2n) is 9.11. The van der Waals surface area contributed by atoms with Crippen molar-refractivity contribution in [2.45, 2.75) is 76.5 Å². The SMILES string of the molecule is CC(C(=O)NC1(C#N)CCCCC1)N1CCN(Cc2ccccc2)C(C)(C)C1. The monoisotopic (exact) mass is 382 g/mol. The number of piperazine rings is 1. The third kappa shape index (κ3) is 4.74. The van der Waals surface area contributed by atoms with E-state index in [4.69, 9.17) is 0 Å². The summed E-state index contributed by atoms with van der Waals surface area (Å²) < 4.78 is 0. The van der Waals surface area contributed by atoms with Crippen molar-refractivity contribution in [2.75, 3.05) is 19.6 Å². The number of nitrogens with one attached hydrogen (secondary N) is 1. The van der Waals surface area contributed by atoms with Crippen LogP contribution in [0.15, 0.2) is 30.3 Å². The Morgan fingerprint density at radius 3 is 2.46 bits per heavy atom. The van der Waals surface area contributed by atoms with E-state index in [1.165, 1.54) is 5.56 Å². The maximum Gasteiger partial charge on any atom is 0.238 e. The van der Waals surface area contributed by atoms with E-state index >= 15 is 0 Å². The van der Waals surface area contributed by atoms with Crippen LogP contribution in [0.1, 0.15) is 58.4 Å². The highest BCUT2D eigenvalue weighted by Crippen LogP contribution is 2.29. The van der Waals surface area contributed by atoms with Gasteiger partial charge in [0.1, 0.15) is 5.54 Å². The first-order valence-corrected chi connectivity index (χ1v) is 10.6. The highest BCUT2D eigenvalue weighted by Gasteiger charge is 2.39. The number of amides is 1. The molecule has 3 rings (SSSR count). The lowest BCUT2D eigenvalue weighted by molar-refractivity contribution is -0.129. The summed E-state index contributed by atoms with van der Waals surface area (Å²) in [5.41, 5.74) is 0.650. The fraction of sp³-hybridized carbons (Fsp3) is 0.652. The van der Waals surface area contributed by atoms with Crippen molar-refractivity contribution < 1.29 is 4.79 Å². The van der Waals surface area contributed by atoms with Gasteiger partial charge in [-0.1, -0.05) is 49.6 Å². The molecule has 1 N–H and O–H groups in total. The van der Waals surface area contributed by atoms with E-state index < -0.39 is 5.54 Å². The molecule has 2 fully saturated rings. The van der Waals surface area contributed by atoms with Crippen LogP contribution in [0.2, 0.25) is 0 Å².